The number of hydrogen-bond donors (Lipinski definition) is 1. The lowest BCUT2D eigenvalue weighted by atomic mass is 9.95. The fraction of sp³-hybridized carbons (Fsp3) is 0.500. The van der Waals surface area contributed by atoms with E-state index < -0.39 is 0 Å². The molecule has 1 unspecified atom stereocenters. The van der Waals surface area contributed by atoms with Gasteiger partial charge in [-0.25, -0.2) is 0 Å². The third-order valence-electron chi connectivity index (χ3n) is 3.82. The number of fused-ring (bicyclic) bond motifs is 3. The molecule has 17 heavy (non-hydrogen) atoms. The fourth-order valence-corrected chi connectivity index (χ4v) is 3.03. The summed E-state index contributed by atoms with van der Waals surface area (Å²) < 4.78 is 0. The molecule has 90 valence electrons. The Morgan fingerprint density at radius 3 is 2.94 bits per heavy atom. The van der Waals surface area contributed by atoms with E-state index in [1.54, 1.807) is 0 Å². The second kappa shape index (κ2) is 3.76. The summed E-state index contributed by atoms with van der Waals surface area (Å²) in [4.78, 5) is 14.4. The van der Waals surface area contributed by atoms with Crippen molar-refractivity contribution in [2.24, 2.45) is 0 Å². The lowest BCUT2D eigenvalue weighted by molar-refractivity contribution is -0.118. The number of rotatable bonds is 0. The molecule has 0 aliphatic carbocycles. The molecule has 1 fully saturated rings. The Balaban J connectivity index is 2.13. The van der Waals surface area contributed by atoms with Crippen LogP contribution in [-0.2, 0) is 4.79 Å². The summed E-state index contributed by atoms with van der Waals surface area (Å²) in [6.45, 7) is 5.19. The summed E-state index contributed by atoms with van der Waals surface area (Å²) in [5, 5.41) is 3.07. The lowest BCUT2D eigenvalue weighted by Gasteiger charge is -2.41. The topological polar surface area (TPSA) is 32.3 Å². The normalized spacial score (nSPS) is 22.8. The van der Waals surface area contributed by atoms with E-state index in [-0.39, 0.29) is 11.9 Å². The van der Waals surface area contributed by atoms with Crippen molar-refractivity contribution < 1.29 is 4.79 Å². The van der Waals surface area contributed by atoms with Crippen molar-refractivity contribution in [1.29, 1.82) is 0 Å². The SMILES string of the molecule is Cc1cc(C)c2c(c1)N1CCCCC1C(=O)N2. The van der Waals surface area contributed by atoms with Gasteiger partial charge in [0.05, 0.1) is 11.4 Å². The van der Waals surface area contributed by atoms with Crippen LogP contribution in [0.1, 0.15) is 30.4 Å². The minimum Gasteiger partial charge on any atom is -0.358 e. The predicted octanol–water partition coefficient (Wildman–Crippen LogP) is 2.61. The summed E-state index contributed by atoms with van der Waals surface area (Å²) >= 11 is 0. The molecule has 2 aliphatic heterocycles. The van der Waals surface area contributed by atoms with E-state index in [0.717, 1.165) is 30.6 Å². The first-order chi connectivity index (χ1) is 8.16. The first kappa shape index (κ1) is 10.6. The number of anilines is 2. The number of piperidine rings is 1. The molecular formula is C14H18N2O. The maximum absolute atomic E-state index is 12.1. The summed E-state index contributed by atoms with van der Waals surface area (Å²) in [7, 11) is 0. The van der Waals surface area contributed by atoms with Gasteiger partial charge in [0.25, 0.3) is 0 Å². The Morgan fingerprint density at radius 2 is 2.12 bits per heavy atom. The van der Waals surface area contributed by atoms with Crippen LogP contribution in [-0.4, -0.2) is 18.5 Å². The van der Waals surface area contributed by atoms with Crippen molar-refractivity contribution in [2.45, 2.75) is 39.2 Å². The first-order valence-corrected chi connectivity index (χ1v) is 6.35. The molecule has 1 saturated heterocycles. The Morgan fingerprint density at radius 1 is 1.29 bits per heavy atom. The van der Waals surface area contributed by atoms with Crippen molar-refractivity contribution >= 4 is 17.3 Å². The molecule has 0 bridgehead atoms. The average molecular weight is 230 g/mol. The summed E-state index contributed by atoms with van der Waals surface area (Å²) in [6.07, 6.45) is 3.34. The summed E-state index contributed by atoms with van der Waals surface area (Å²) in [5.74, 6) is 0.171. The number of benzene rings is 1. The van der Waals surface area contributed by atoms with Gasteiger partial charge in [-0.15, -0.1) is 0 Å². The van der Waals surface area contributed by atoms with E-state index in [4.69, 9.17) is 0 Å². The Hall–Kier alpha value is -1.51. The second-order valence-corrected chi connectivity index (χ2v) is 5.17. The maximum atomic E-state index is 12.1. The van der Waals surface area contributed by atoms with E-state index in [1.807, 2.05) is 0 Å². The third kappa shape index (κ3) is 1.61. The van der Waals surface area contributed by atoms with Crippen LogP contribution in [0.2, 0.25) is 0 Å². The van der Waals surface area contributed by atoms with E-state index in [1.165, 1.54) is 17.7 Å². The van der Waals surface area contributed by atoms with Gasteiger partial charge in [-0.1, -0.05) is 6.07 Å². The van der Waals surface area contributed by atoms with Gasteiger partial charge in [0.1, 0.15) is 6.04 Å². The van der Waals surface area contributed by atoms with Crippen LogP contribution in [0.4, 0.5) is 11.4 Å². The Labute approximate surface area is 102 Å². The van der Waals surface area contributed by atoms with E-state index in [2.05, 4.69) is 36.2 Å². The third-order valence-corrected chi connectivity index (χ3v) is 3.82. The number of amides is 1. The number of carbonyl (C=O) groups excluding carboxylic acids is 1. The van der Waals surface area contributed by atoms with Crippen molar-refractivity contribution in [3.8, 4) is 0 Å². The number of aryl methyl sites for hydroxylation is 2. The number of hydrogen-bond acceptors (Lipinski definition) is 2. The van der Waals surface area contributed by atoms with Gasteiger partial charge in [0, 0.05) is 6.54 Å². The standard InChI is InChI=1S/C14H18N2O/c1-9-7-10(2)13-12(8-9)16-6-4-3-5-11(16)14(17)15-13/h7-8,11H,3-6H2,1-2H3,(H,15,17). The van der Waals surface area contributed by atoms with E-state index in [0.29, 0.717) is 0 Å². The average Bonchev–Trinajstić information content (AvgIpc) is 2.31. The summed E-state index contributed by atoms with van der Waals surface area (Å²) in [5.41, 5.74) is 4.66. The molecule has 1 amide bonds. The van der Waals surface area contributed by atoms with Gasteiger partial charge in [-0.05, 0) is 50.3 Å². The minimum atomic E-state index is 0.0532. The van der Waals surface area contributed by atoms with Gasteiger partial charge >= 0.3 is 0 Å². The fourth-order valence-electron chi connectivity index (χ4n) is 3.03. The number of nitrogens with one attached hydrogen (secondary N) is 1. The minimum absolute atomic E-state index is 0.0532. The second-order valence-electron chi connectivity index (χ2n) is 5.17. The molecule has 2 aliphatic rings. The highest BCUT2D eigenvalue weighted by atomic mass is 16.2. The predicted molar refractivity (Wildman–Crippen MR) is 69.5 cm³/mol. The summed E-state index contributed by atoms with van der Waals surface area (Å²) in [6, 6.07) is 4.38. The highest BCUT2D eigenvalue weighted by Gasteiger charge is 2.35. The molecule has 0 spiro atoms. The molecule has 3 nitrogen and oxygen atoms in total. The van der Waals surface area contributed by atoms with Crippen LogP contribution in [0.3, 0.4) is 0 Å². The lowest BCUT2D eigenvalue weighted by Crippen LogP contribution is -2.50. The van der Waals surface area contributed by atoms with Crippen LogP contribution in [0.25, 0.3) is 0 Å². The monoisotopic (exact) mass is 230 g/mol. The Bertz CT molecular complexity index is 481. The van der Waals surface area contributed by atoms with Gasteiger partial charge in [0.2, 0.25) is 5.91 Å². The molecule has 3 rings (SSSR count). The van der Waals surface area contributed by atoms with Crippen molar-refractivity contribution in [2.75, 3.05) is 16.8 Å². The molecule has 0 radical (unpaired) electrons. The Kier molecular flexibility index (Phi) is 2.35. The van der Waals surface area contributed by atoms with Gasteiger partial charge in [-0.2, -0.15) is 0 Å². The molecule has 0 aromatic heterocycles. The number of carbonyl (C=O) groups is 1. The quantitative estimate of drug-likeness (QED) is 0.743. The molecule has 1 atom stereocenters. The van der Waals surface area contributed by atoms with E-state index >= 15 is 0 Å². The van der Waals surface area contributed by atoms with Crippen LogP contribution in [0.15, 0.2) is 12.1 Å². The van der Waals surface area contributed by atoms with Crippen molar-refractivity contribution in [3.05, 3.63) is 23.3 Å². The van der Waals surface area contributed by atoms with Gasteiger partial charge in [0.15, 0.2) is 0 Å². The molecule has 1 N–H and O–H groups in total. The number of nitrogens with zero attached hydrogens (tertiary/aromatic N) is 1. The molecule has 0 saturated carbocycles. The molecule has 2 heterocycles. The largest absolute Gasteiger partial charge is 0.358 e. The maximum Gasteiger partial charge on any atom is 0.247 e. The van der Waals surface area contributed by atoms with Crippen LogP contribution in [0, 0.1) is 13.8 Å². The molecule has 1 aromatic rings. The molecule has 1 aromatic carbocycles. The van der Waals surface area contributed by atoms with Crippen LogP contribution >= 0.6 is 0 Å². The first-order valence-electron chi connectivity index (χ1n) is 6.35. The van der Waals surface area contributed by atoms with Crippen LogP contribution in [0.5, 0.6) is 0 Å². The highest BCUT2D eigenvalue weighted by molar-refractivity contribution is 6.04. The zero-order valence-electron chi connectivity index (χ0n) is 10.4. The zero-order chi connectivity index (χ0) is 12.0. The molecule has 3 heteroatoms. The smallest absolute Gasteiger partial charge is 0.247 e. The van der Waals surface area contributed by atoms with Gasteiger partial charge < -0.3 is 10.2 Å². The van der Waals surface area contributed by atoms with E-state index in [9.17, 15) is 4.79 Å². The van der Waals surface area contributed by atoms with Crippen molar-refractivity contribution in [1.82, 2.24) is 0 Å². The van der Waals surface area contributed by atoms with Crippen LogP contribution < -0.4 is 10.2 Å². The van der Waals surface area contributed by atoms with Gasteiger partial charge in [-0.3, -0.25) is 4.79 Å². The zero-order valence-corrected chi connectivity index (χ0v) is 10.4. The van der Waals surface area contributed by atoms with Crippen molar-refractivity contribution in [3.63, 3.8) is 0 Å². The highest BCUT2D eigenvalue weighted by Crippen LogP contribution is 2.38. The molecular weight excluding hydrogens is 212 g/mol.